The number of benzene rings is 3. The zero-order valence-electron chi connectivity index (χ0n) is 13.1. The van der Waals surface area contributed by atoms with Gasteiger partial charge in [-0.2, -0.15) is 0 Å². The van der Waals surface area contributed by atoms with Gasteiger partial charge in [0.2, 0.25) is 5.91 Å². The first-order valence-electron chi connectivity index (χ1n) is 7.77. The summed E-state index contributed by atoms with van der Waals surface area (Å²) in [5, 5.41) is 0. The standard InChI is InChI=1S/C21H17NO2/c23-20(17-10-4-1-5-11-17)16-21(24)22(18-12-6-2-7-13-18)19-14-8-3-9-15-19/h1-15H,16H2. The number of amides is 1. The molecule has 0 bridgehead atoms. The maximum atomic E-state index is 12.8. The molecule has 3 aromatic carbocycles. The van der Waals surface area contributed by atoms with Gasteiger partial charge in [-0.25, -0.2) is 0 Å². The van der Waals surface area contributed by atoms with E-state index in [4.69, 9.17) is 0 Å². The highest BCUT2D eigenvalue weighted by Crippen LogP contribution is 2.26. The van der Waals surface area contributed by atoms with Gasteiger partial charge >= 0.3 is 0 Å². The van der Waals surface area contributed by atoms with Crippen molar-refractivity contribution in [2.75, 3.05) is 4.90 Å². The van der Waals surface area contributed by atoms with Crippen LogP contribution in [0.4, 0.5) is 11.4 Å². The third kappa shape index (κ3) is 3.58. The predicted octanol–water partition coefficient (Wildman–Crippen LogP) is 4.62. The molecule has 0 spiro atoms. The molecule has 0 aliphatic rings. The van der Waals surface area contributed by atoms with Crippen LogP contribution in [0.15, 0.2) is 91.0 Å². The highest BCUT2D eigenvalue weighted by Gasteiger charge is 2.21. The zero-order valence-corrected chi connectivity index (χ0v) is 13.1. The van der Waals surface area contributed by atoms with Crippen molar-refractivity contribution in [3.8, 4) is 0 Å². The molecule has 24 heavy (non-hydrogen) atoms. The first-order chi connectivity index (χ1) is 11.8. The lowest BCUT2D eigenvalue weighted by atomic mass is 10.1. The van der Waals surface area contributed by atoms with Crippen LogP contribution in [0.3, 0.4) is 0 Å². The Bertz CT molecular complexity index is 775. The molecule has 0 aliphatic heterocycles. The van der Waals surface area contributed by atoms with Crippen molar-refractivity contribution >= 4 is 23.1 Å². The first-order valence-corrected chi connectivity index (χ1v) is 7.77. The number of nitrogens with zero attached hydrogens (tertiary/aromatic N) is 1. The van der Waals surface area contributed by atoms with E-state index < -0.39 is 0 Å². The molecule has 0 aromatic heterocycles. The van der Waals surface area contributed by atoms with Crippen LogP contribution in [0.2, 0.25) is 0 Å². The number of hydrogen-bond donors (Lipinski definition) is 0. The Hall–Kier alpha value is -3.20. The third-order valence-electron chi connectivity index (χ3n) is 3.69. The van der Waals surface area contributed by atoms with Crippen LogP contribution < -0.4 is 4.90 Å². The van der Waals surface area contributed by atoms with Gasteiger partial charge in [-0.3, -0.25) is 14.5 Å². The van der Waals surface area contributed by atoms with Crippen LogP contribution >= 0.6 is 0 Å². The Balaban J connectivity index is 1.89. The number of hydrogen-bond acceptors (Lipinski definition) is 2. The molecule has 0 heterocycles. The summed E-state index contributed by atoms with van der Waals surface area (Å²) in [5.74, 6) is -0.432. The smallest absolute Gasteiger partial charge is 0.239 e. The average Bonchev–Trinajstić information content (AvgIpc) is 2.64. The Morgan fingerprint density at radius 1 is 0.625 bits per heavy atom. The molecule has 0 unspecified atom stereocenters. The summed E-state index contributed by atoms with van der Waals surface area (Å²) >= 11 is 0. The van der Waals surface area contributed by atoms with Gasteiger partial charge in [0, 0.05) is 16.9 Å². The second-order valence-electron chi connectivity index (χ2n) is 5.37. The van der Waals surface area contributed by atoms with Gasteiger partial charge in [-0.05, 0) is 24.3 Å². The van der Waals surface area contributed by atoms with E-state index in [0.717, 1.165) is 11.4 Å². The number of ketones is 1. The number of carbonyl (C=O) groups excluding carboxylic acids is 2. The van der Waals surface area contributed by atoms with Gasteiger partial charge in [0.15, 0.2) is 5.78 Å². The van der Waals surface area contributed by atoms with Crippen molar-refractivity contribution in [2.45, 2.75) is 6.42 Å². The normalized spacial score (nSPS) is 10.2. The molecule has 0 fully saturated rings. The summed E-state index contributed by atoms with van der Waals surface area (Å²) in [7, 11) is 0. The first kappa shape index (κ1) is 15.7. The minimum atomic E-state index is -0.249. The predicted molar refractivity (Wildman–Crippen MR) is 95.4 cm³/mol. The van der Waals surface area contributed by atoms with Gasteiger partial charge in [0.25, 0.3) is 0 Å². The number of rotatable bonds is 5. The molecule has 3 heteroatoms. The minimum Gasteiger partial charge on any atom is -0.294 e. The van der Waals surface area contributed by atoms with E-state index in [1.165, 1.54) is 0 Å². The minimum absolute atomic E-state index is 0.173. The van der Waals surface area contributed by atoms with E-state index in [2.05, 4.69) is 0 Å². The lowest BCUT2D eigenvalue weighted by Gasteiger charge is -2.22. The highest BCUT2D eigenvalue weighted by molar-refractivity contribution is 6.14. The fourth-order valence-corrected chi connectivity index (χ4v) is 2.53. The van der Waals surface area contributed by atoms with Crippen molar-refractivity contribution < 1.29 is 9.59 Å². The Kier molecular flexibility index (Phi) is 4.82. The highest BCUT2D eigenvalue weighted by atomic mass is 16.2. The van der Waals surface area contributed by atoms with Crippen LogP contribution in [0.25, 0.3) is 0 Å². The van der Waals surface area contributed by atoms with Crippen molar-refractivity contribution in [3.05, 3.63) is 96.6 Å². The molecular formula is C21H17NO2. The van der Waals surface area contributed by atoms with E-state index in [-0.39, 0.29) is 18.1 Å². The maximum absolute atomic E-state index is 12.8. The van der Waals surface area contributed by atoms with Gasteiger partial charge in [0.1, 0.15) is 0 Å². The van der Waals surface area contributed by atoms with Crippen LogP contribution in [0, 0.1) is 0 Å². The largest absolute Gasteiger partial charge is 0.294 e. The SMILES string of the molecule is O=C(CC(=O)N(c1ccccc1)c1ccccc1)c1ccccc1. The molecule has 118 valence electrons. The molecule has 0 radical (unpaired) electrons. The van der Waals surface area contributed by atoms with Crippen molar-refractivity contribution in [1.82, 2.24) is 0 Å². The molecule has 0 atom stereocenters. The fourth-order valence-electron chi connectivity index (χ4n) is 2.53. The van der Waals surface area contributed by atoms with Gasteiger partial charge in [-0.1, -0.05) is 66.7 Å². The second-order valence-corrected chi connectivity index (χ2v) is 5.37. The van der Waals surface area contributed by atoms with E-state index in [0.29, 0.717) is 5.56 Å². The number of anilines is 2. The van der Waals surface area contributed by atoms with E-state index >= 15 is 0 Å². The van der Waals surface area contributed by atoms with Crippen LogP contribution in [0.5, 0.6) is 0 Å². The van der Waals surface area contributed by atoms with Crippen molar-refractivity contribution in [3.63, 3.8) is 0 Å². The zero-order chi connectivity index (χ0) is 16.8. The lowest BCUT2D eigenvalue weighted by molar-refractivity contribution is -0.117. The molecule has 0 saturated heterocycles. The molecule has 3 aromatic rings. The van der Waals surface area contributed by atoms with Gasteiger partial charge < -0.3 is 0 Å². The summed E-state index contributed by atoms with van der Waals surface area (Å²) in [6.45, 7) is 0. The molecule has 0 aliphatic carbocycles. The molecule has 3 rings (SSSR count). The topological polar surface area (TPSA) is 37.4 Å². The van der Waals surface area contributed by atoms with Gasteiger partial charge in [0.05, 0.1) is 6.42 Å². The molecule has 1 amide bonds. The number of Topliss-reactive ketones (excluding diaryl/α,β-unsaturated/α-hetero) is 1. The monoisotopic (exact) mass is 315 g/mol. The quantitative estimate of drug-likeness (QED) is 0.509. The summed E-state index contributed by atoms with van der Waals surface area (Å²) < 4.78 is 0. The van der Waals surface area contributed by atoms with Gasteiger partial charge in [-0.15, -0.1) is 0 Å². The summed E-state index contributed by atoms with van der Waals surface area (Å²) in [5.41, 5.74) is 2.04. The molecule has 0 N–H and O–H groups in total. The fraction of sp³-hybridized carbons (Fsp3) is 0.0476. The van der Waals surface area contributed by atoms with Crippen LogP contribution in [0.1, 0.15) is 16.8 Å². The van der Waals surface area contributed by atoms with E-state index in [1.807, 2.05) is 66.7 Å². The van der Waals surface area contributed by atoms with Crippen LogP contribution in [-0.4, -0.2) is 11.7 Å². The van der Waals surface area contributed by atoms with E-state index in [1.54, 1.807) is 29.2 Å². The molecule has 3 nitrogen and oxygen atoms in total. The maximum Gasteiger partial charge on any atom is 0.239 e. The van der Waals surface area contributed by atoms with Crippen LogP contribution in [-0.2, 0) is 4.79 Å². The average molecular weight is 315 g/mol. The summed E-state index contributed by atoms with van der Waals surface area (Å²) in [6, 6.07) is 27.6. The third-order valence-corrected chi connectivity index (χ3v) is 3.69. The summed E-state index contributed by atoms with van der Waals surface area (Å²) in [6.07, 6.45) is -0.173. The molecule has 0 saturated carbocycles. The Morgan fingerprint density at radius 3 is 1.50 bits per heavy atom. The van der Waals surface area contributed by atoms with Crippen molar-refractivity contribution in [1.29, 1.82) is 0 Å². The Morgan fingerprint density at radius 2 is 1.04 bits per heavy atom. The Labute approximate surface area is 141 Å². The lowest BCUT2D eigenvalue weighted by Crippen LogP contribution is -2.28. The molecular weight excluding hydrogens is 298 g/mol. The summed E-state index contributed by atoms with van der Waals surface area (Å²) in [4.78, 5) is 26.8. The van der Waals surface area contributed by atoms with Crippen molar-refractivity contribution in [2.24, 2.45) is 0 Å². The second kappa shape index (κ2) is 7.38. The number of para-hydroxylation sites is 2. The van der Waals surface area contributed by atoms with E-state index in [9.17, 15) is 9.59 Å². The number of carbonyl (C=O) groups is 2.